The van der Waals surface area contributed by atoms with E-state index in [-0.39, 0.29) is 11.6 Å². The van der Waals surface area contributed by atoms with Gasteiger partial charge in [-0.25, -0.2) is 14.8 Å². The summed E-state index contributed by atoms with van der Waals surface area (Å²) in [7, 11) is 1.95. The number of pyridine rings is 1. The Labute approximate surface area is 176 Å². The van der Waals surface area contributed by atoms with Gasteiger partial charge in [-0.2, -0.15) is 0 Å². The zero-order valence-corrected chi connectivity index (χ0v) is 17.3. The second-order valence-corrected chi connectivity index (χ2v) is 6.49. The van der Waals surface area contributed by atoms with Gasteiger partial charge in [-0.3, -0.25) is 4.79 Å². The summed E-state index contributed by atoms with van der Waals surface area (Å²) < 4.78 is 13.7. The van der Waals surface area contributed by atoms with Crippen LogP contribution < -0.4 is 10.7 Å². The minimum absolute atomic E-state index is 0.0125. The first-order chi connectivity index (χ1) is 14.6. The highest BCUT2D eigenvalue weighted by molar-refractivity contribution is 6.03. The highest BCUT2D eigenvalue weighted by Crippen LogP contribution is 2.29. The van der Waals surface area contributed by atoms with Gasteiger partial charge in [-0.05, 0) is 35.9 Å². The van der Waals surface area contributed by atoms with E-state index in [1.165, 1.54) is 17.7 Å². The summed E-state index contributed by atoms with van der Waals surface area (Å²) in [5.41, 5.74) is 6.46. The summed E-state index contributed by atoms with van der Waals surface area (Å²) in [6.45, 7) is 4.00. The number of hydrazine groups is 1. The maximum Gasteiger partial charge on any atom is 0.259 e. The Balaban J connectivity index is 0.00000124. The lowest BCUT2D eigenvalue weighted by atomic mass is 10.1. The lowest BCUT2D eigenvalue weighted by Gasteiger charge is -2.19. The van der Waals surface area contributed by atoms with Crippen molar-refractivity contribution in [3.8, 4) is 0 Å². The predicted molar refractivity (Wildman–Crippen MR) is 118 cm³/mol. The molecular formula is C24H25FN4O. The topological polar surface area (TPSA) is 57.3 Å². The van der Waals surface area contributed by atoms with Gasteiger partial charge in [0.1, 0.15) is 11.6 Å². The van der Waals surface area contributed by atoms with Gasteiger partial charge < -0.3 is 10.3 Å². The van der Waals surface area contributed by atoms with Crippen LogP contribution in [0.15, 0.2) is 79.0 Å². The molecule has 1 atom stereocenters. The van der Waals surface area contributed by atoms with Crippen molar-refractivity contribution >= 4 is 17.4 Å². The molecule has 0 fully saturated rings. The van der Waals surface area contributed by atoms with Gasteiger partial charge in [0.2, 0.25) is 0 Å². The van der Waals surface area contributed by atoms with Crippen LogP contribution in [-0.2, 0) is 0 Å². The molecule has 0 radical (unpaired) electrons. The molecule has 0 aliphatic carbocycles. The second-order valence-electron chi connectivity index (χ2n) is 6.49. The van der Waals surface area contributed by atoms with Crippen LogP contribution in [0.3, 0.4) is 0 Å². The average Bonchev–Trinajstić information content (AvgIpc) is 3.18. The first kappa shape index (κ1) is 21.2. The van der Waals surface area contributed by atoms with Crippen LogP contribution >= 0.6 is 0 Å². The van der Waals surface area contributed by atoms with Crippen LogP contribution in [0.1, 0.15) is 41.4 Å². The first-order valence-electron chi connectivity index (χ1n) is 9.91. The van der Waals surface area contributed by atoms with Gasteiger partial charge in [0.05, 0.1) is 17.3 Å². The van der Waals surface area contributed by atoms with E-state index in [0.717, 1.165) is 11.3 Å². The minimum Gasteiger partial charge on any atom is -0.310 e. The number of hydrogen-bond donors (Lipinski definition) is 2. The molecule has 30 heavy (non-hydrogen) atoms. The molecule has 0 saturated heterocycles. The van der Waals surface area contributed by atoms with E-state index in [2.05, 4.69) is 33.9 Å². The van der Waals surface area contributed by atoms with E-state index in [1.54, 1.807) is 24.4 Å². The van der Waals surface area contributed by atoms with Crippen LogP contribution in [0.5, 0.6) is 0 Å². The fraction of sp³-hybridized carbons (Fsp3) is 0.167. The molecular weight excluding hydrogens is 379 g/mol. The number of aromatic nitrogens is 1. The van der Waals surface area contributed by atoms with Crippen molar-refractivity contribution in [1.29, 1.82) is 0 Å². The number of benzene rings is 2. The summed E-state index contributed by atoms with van der Waals surface area (Å²) in [6.07, 6.45) is 3.82. The molecule has 2 aromatic carbocycles. The molecule has 1 aliphatic heterocycles. The van der Waals surface area contributed by atoms with E-state index in [4.69, 9.17) is 0 Å². The SMILES string of the molecule is CC.CN1NC(c2ccccc2)C=C1c1ccc(NC(=O)c2ccccc2F)nc1. The zero-order chi connectivity index (χ0) is 21.5. The fourth-order valence-corrected chi connectivity index (χ4v) is 3.15. The van der Waals surface area contributed by atoms with Crippen LogP contribution in [-0.4, -0.2) is 22.9 Å². The summed E-state index contributed by atoms with van der Waals surface area (Å²) in [5, 5.41) is 4.57. The molecule has 0 saturated carbocycles. The number of nitrogens with one attached hydrogen (secondary N) is 2. The molecule has 1 aliphatic rings. The number of carbonyl (C=O) groups excluding carboxylic acids is 1. The van der Waals surface area contributed by atoms with Crippen molar-refractivity contribution in [1.82, 2.24) is 15.4 Å². The number of rotatable bonds is 4. The van der Waals surface area contributed by atoms with Gasteiger partial charge in [-0.15, -0.1) is 0 Å². The van der Waals surface area contributed by atoms with Crippen molar-refractivity contribution in [2.24, 2.45) is 0 Å². The summed E-state index contributed by atoms with van der Waals surface area (Å²) in [4.78, 5) is 16.5. The lowest BCUT2D eigenvalue weighted by molar-refractivity contribution is 0.102. The van der Waals surface area contributed by atoms with Crippen molar-refractivity contribution in [3.05, 3.63) is 102 Å². The quantitative estimate of drug-likeness (QED) is 0.640. The molecule has 1 aromatic heterocycles. The van der Waals surface area contributed by atoms with Crippen LogP contribution in [0.4, 0.5) is 10.2 Å². The van der Waals surface area contributed by atoms with Crippen molar-refractivity contribution < 1.29 is 9.18 Å². The number of hydrogen-bond acceptors (Lipinski definition) is 4. The second kappa shape index (κ2) is 9.80. The van der Waals surface area contributed by atoms with Crippen LogP contribution in [0.2, 0.25) is 0 Å². The summed E-state index contributed by atoms with van der Waals surface area (Å²) in [6, 6.07) is 19.7. The molecule has 2 N–H and O–H groups in total. The molecule has 4 rings (SSSR count). The van der Waals surface area contributed by atoms with Gasteiger partial charge in [0, 0.05) is 18.8 Å². The third-order valence-electron chi connectivity index (χ3n) is 4.60. The highest BCUT2D eigenvalue weighted by atomic mass is 19.1. The van der Waals surface area contributed by atoms with E-state index in [1.807, 2.05) is 50.2 Å². The average molecular weight is 404 g/mol. The van der Waals surface area contributed by atoms with E-state index in [0.29, 0.717) is 5.82 Å². The number of anilines is 1. The minimum atomic E-state index is -0.563. The zero-order valence-electron chi connectivity index (χ0n) is 17.3. The Morgan fingerprint density at radius 2 is 1.73 bits per heavy atom. The van der Waals surface area contributed by atoms with Gasteiger partial charge in [-0.1, -0.05) is 56.3 Å². The van der Waals surface area contributed by atoms with Gasteiger partial charge in [0.15, 0.2) is 0 Å². The molecule has 154 valence electrons. The van der Waals surface area contributed by atoms with Crippen molar-refractivity contribution in [2.45, 2.75) is 19.9 Å². The molecule has 1 unspecified atom stereocenters. The first-order valence-corrected chi connectivity index (χ1v) is 9.91. The van der Waals surface area contributed by atoms with E-state index in [9.17, 15) is 9.18 Å². The van der Waals surface area contributed by atoms with Crippen LogP contribution in [0, 0.1) is 5.82 Å². The van der Waals surface area contributed by atoms with Crippen molar-refractivity contribution in [3.63, 3.8) is 0 Å². The van der Waals surface area contributed by atoms with E-state index >= 15 is 0 Å². The Morgan fingerprint density at radius 3 is 2.40 bits per heavy atom. The molecule has 0 bridgehead atoms. The molecule has 2 heterocycles. The van der Waals surface area contributed by atoms with E-state index < -0.39 is 11.7 Å². The fourth-order valence-electron chi connectivity index (χ4n) is 3.15. The normalized spacial score (nSPS) is 15.1. The van der Waals surface area contributed by atoms with Crippen LogP contribution in [0.25, 0.3) is 5.70 Å². The Hall–Kier alpha value is -3.51. The maximum absolute atomic E-state index is 13.7. The number of halogens is 1. The number of amides is 1. The Bertz CT molecular complexity index is 1020. The molecule has 0 spiro atoms. The number of carbonyl (C=O) groups is 1. The smallest absolute Gasteiger partial charge is 0.259 e. The highest BCUT2D eigenvalue weighted by Gasteiger charge is 2.22. The predicted octanol–water partition coefficient (Wildman–Crippen LogP) is 5.03. The molecule has 5 nitrogen and oxygen atoms in total. The third kappa shape index (κ3) is 4.72. The Kier molecular flexibility index (Phi) is 6.93. The lowest BCUT2D eigenvalue weighted by Crippen LogP contribution is -2.29. The number of nitrogens with zero attached hydrogens (tertiary/aromatic N) is 2. The maximum atomic E-state index is 13.7. The Morgan fingerprint density at radius 1 is 1.03 bits per heavy atom. The standard InChI is InChI=1S/C22H19FN4O.C2H6/c1-27-20(13-19(26-27)15-7-3-2-4-8-15)16-11-12-21(24-14-16)25-22(28)17-9-5-6-10-18(17)23;1-2/h2-14,19,26H,1H3,(H,24,25,28);1-2H3. The summed E-state index contributed by atoms with van der Waals surface area (Å²) >= 11 is 0. The third-order valence-corrected chi connectivity index (χ3v) is 4.60. The summed E-state index contributed by atoms with van der Waals surface area (Å²) in [5.74, 6) is -0.723. The van der Waals surface area contributed by atoms with Gasteiger partial charge in [0.25, 0.3) is 5.91 Å². The monoisotopic (exact) mass is 404 g/mol. The molecule has 6 heteroatoms. The largest absolute Gasteiger partial charge is 0.310 e. The molecule has 1 amide bonds. The van der Waals surface area contributed by atoms with Gasteiger partial charge >= 0.3 is 0 Å². The van der Waals surface area contributed by atoms with Crippen molar-refractivity contribution in [2.75, 3.05) is 12.4 Å². The molecule has 3 aromatic rings.